The molecule has 152 valence electrons. The van der Waals surface area contributed by atoms with Crippen LogP contribution in [0.25, 0.3) is 0 Å². The predicted octanol–water partition coefficient (Wildman–Crippen LogP) is 4.74. The topological polar surface area (TPSA) is 69.6 Å². The Morgan fingerprint density at radius 3 is 1.96 bits per heavy atom. The number of carbonyl (C=O) groups is 2. The Bertz CT molecular complexity index is 454. The van der Waals surface area contributed by atoms with Crippen LogP contribution in [0.15, 0.2) is 23.4 Å². The molecule has 26 heavy (non-hydrogen) atoms. The number of amides is 1. The zero-order valence-electron chi connectivity index (χ0n) is 17.9. The minimum absolute atomic E-state index is 0.122. The van der Waals surface area contributed by atoms with E-state index in [1.54, 1.807) is 18.0 Å². The van der Waals surface area contributed by atoms with Crippen molar-refractivity contribution in [3.8, 4) is 0 Å². The summed E-state index contributed by atoms with van der Waals surface area (Å²) in [7, 11) is 1.64. The lowest BCUT2D eigenvalue weighted by Crippen LogP contribution is -2.42. The number of carboxylic acids is 1. The van der Waals surface area contributed by atoms with Crippen LogP contribution < -0.4 is 5.32 Å². The molecule has 0 heterocycles. The molecule has 0 aliphatic heterocycles. The zero-order valence-corrected chi connectivity index (χ0v) is 17.9. The number of carboxylic acid groups (broad SMARTS) is 1. The molecular formula is C21H40N2O3. The Kier molecular flexibility index (Phi) is 17.0. The van der Waals surface area contributed by atoms with Crippen LogP contribution in [0.4, 0.5) is 0 Å². The fourth-order valence-electron chi connectivity index (χ4n) is 2.04. The average molecular weight is 369 g/mol. The highest BCUT2D eigenvalue weighted by Gasteiger charge is 2.22. The van der Waals surface area contributed by atoms with Gasteiger partial charge in [-0.25, -0.2) is 4.79 Å². The number of nitrogens with zero attached hydrogens (tertiary/aromatic N) is 1. The molecular weight excluding hydrogens is 328 g/mol. The van der Waals surface area contributed by atoms with Gasteiger partial charge in [0.2, 0.25) is 0 Å². The monoisotopic (exact) mass is 368 g/mol. The first-order chi connectivity index (χ1) is 12.3. The maximum absolute atomic E-state index is 12.7. The molecule has 0 radical (unpaired) electrons. The van der Waals surface area contributed by atoms with Crippen LogP contribution in [-0.4, -0.2) is 41.5 Å². The lowest BCUT2D eigenvalue weighted by Gasteiger charge is -2.29. The molecule has 1 amide bonds. The van der Waals surface area contributed by atoms with Crippen LogP contribution in [0.2, 0.25) is 0 Å². The summed E-state index contributed by atoms with van der Waals surface area (Å²) >= 11 is 0. The van der Waals surface area contributed by atoms with E-state index in [0.717, 1.165) is 19.3 Å². The molecule has 5 heteroatoms. The summed E-state index contributed by atoms with van der Waals surface area (Å²) in [5, 5.41) is 12.1. The predicted molar refractivity (Wildman–Crippen MR) is 110 cm³/mol. The molecule has 0 saturated heterocycles. The molecule has 0 spiro atoms. The van der Waals surface area contributed by atoms with E-state index in [0.29, 0.717) is 18.7 Å². The van der Waals surface area contributed by atoms with E-state index in [9.17, 15) is 14.7 Å². The van der Waals surface area contributed by atoms with Gasteiger partial charge in [0.15, 0.2) is 0 Å². The van der Waals surface area contributed by atoms with Gasteiger partial charge in [-0.1, -0.05) is 60.0 Å². The third-order valence-electron chi connectivity index (χ3n) is 4.05. The Hall–Kier alpha value is -1.78. The molecule has 0 aliphatic rings. The molecule has 1 atom stereocenters. The minimum atomic E-state index is -1.01. The quantitative estimate of drug-likeness (QED) is 0.408. The van der Waals surface area contributed by atoms with Crippen molar-refractivity contribution in [2.24, 2.45) is 0 Å². The summed E-state index contributed by atoms with van der Waals surface area (Å²) in [6, 6.07) is 0.122. The van der Waals surface area contributed by atoms with E-state index in [1.807, 2.05) is 27.7 Å². The normalized spacial score (nSPS) is 12.7. The van der Waals surface area contributed by atoms with E-state index in [4.69, 9.17) is 0 Å². The third kappa shape index (κ3) is 11.0. The van der Waals surface area contributed by atoms with Crippen LogP contribution in [-0.2, 0) is 9.59 Å². The van der Waals surface area contributed by atoms with Crippen molar-refractivity contribution in [2.75, 3.05) is 13.6 Å². The average Bonchev–Trinajstić information content (AvgIpc) is 2.65. The van der Waals surface area contributed by atoms with Crippen LogP contribution in [0.1, 0.15) is 80.1 Å². The van der Waals surface area contributed by atoms with Crippen molar-refractivity contribution in [3.63, 3.8) is 0 Å². The number of unbranched alkanes of at least 4 members (excludes halogenated alkanes) is 2. The first kappa shape index (κ1) is 26.4. The van der Waals surface area contributed by atoms with E-state index >= 15 is 0 Å². The molecule has 0 aromatic heterocycles. The van der Waals surface area contributed by atoms with Gasteiger partial charge in [0.25, 0.3) is 5.91 Å². The molecule has 5 nitrogen and oxygen atoms in total. The van der Waals surface area contributed by atoms with Crippen LogP contribution in [0.5, 0.6) is 0 Å². The second-order valence-corrected chi connectivity index (χ2v) is 6.32. The van der Waals surface area contributed by atoms with Gasteiger partial charge < -0.3 is 15.3 Å². The molecule has 0 fully saturated rings. The van der Waals surface area contributed by atoms with E-state index in [1.165, 1.54) is 18.9 Å². The smallest absolute Gasteiger partial charge is 0.335 e. The molecule has 1 unspecified atom stereocenters. The maximum atomic E-state index is 12.7. The number of allylic oxidation sites excluding steroid dienone is 1. The number of aliphatic carboxylic acids is 1. The summed E-state index contributed by atoms with van der Waals surface area (Å²) in [5.74, 6) is -1.16. The van der Waals surface area contributed by atoms with Crippen LogP contribution in [0, 0.1) is 0 Å². The molecule has 0 saturated carbocycles. The van der Waals surface area contributed by atoms with Crippen molar-refractivity contribution in [1.29, 1.82) is 0 Å². The number of hydrogen-bond acceptors (Lipinski definition) is 3. The fraction of sp³-hybridized carbons (Fsp3) is 0.714. The van der Waals surface area contributed by atoms with Crippen molar-refractivity contribution >= 4 is 11.9 Å². The molecule has 0 aliphatic carbocycles. The number of likely N-dealkylation sites (N-methyl/N-ethyl adjacent to an activating group) is 1. The van der Waals surface area contributed by atoms with Gasteiger partial charge in [-0.15, -0.1) is 0 Å². The highest BCUT2D eigenvalue weighted by Crippen LogP contribution is 2.12. The van der Waals surface area contributed by atoms with Crippen molar-refractivity contribution in [1.82, 2.24) is 10.2 Å². The molecule has 0 aromatic rings. The van der Waals surface area contributed by atoms with Crippen LogP contribution in [0.3, 0.4) is 0 Å². The molecule has 0 bridgehead atoms. The number of nitrogens with one attached hydrogen (secondary N) is 1. The summed E-state index contributed by atoms with van der Waals surface area (Å²) < 4.78 is 0. The Balaban J connectivity index is 0. The zero-order chi connectivity index (χ0) is 20.5. The number of carbonyl (C=O) groups excluding carboxylic acids is 1. The van der Waals surface area contributed by atoms with Gasteiger partial charge in [0.1, 0.15) is 5.70 Å². The second-order valence-electron chi connectivity index (χ2n) is 6.32. The standard InChI is InChI=1S/C17H30N2O3.C4H10/c1-6-9-10-14(17(21)22)12-15(18-5)16(20)19(11-7-2)13(4)8-3;1-3-4-2/h10,12-13,18H,6-9,11H2,1-5H3,(H,21,22);3-4H2,1-2H3/b14-10+,15-12-;. The fourth-order valence-corrected chi connectivity index (χ4v) is 2.04. The van der Waals surface area contributed by atoms with Gasteiger partial charge >= 0.3 is 5.97 Å². The molecule has 0 aromatic carbocycles. The Labute approximate surface area is 160 Å². The van der Waals surface area contributed by atoms with Gasteiger partial charge in [-0.3, -0.25) is 4.79 Å². The first-order valence-electron chi connectivity index (χ1n) is 9.98. The Morgan fingerprint density at radius 1 is 1.04 bits per heavy atom. The van der Waals surface area contributed by atoms with Crippen molar-refractivity contribution in [3.05, 3.63) is 23.4 Å². The van der Waals surface area contributed by atoms with Crippen molar-refractivity contribution < 1.29 is 14.7 Å². The second kappa shape index (κ2) is 16.7. The SMILES string of the molecule is CCC/C=C(\C=C(/NC)C(=O)N(CCC)C(C)CC)C(=O)O.CCCC. The van der Waals surface area contributed by atoms with Crippen LogP contribution >= 0.6 is 0 Å². The highest BCUT2D eigenvalue weighted by atomic mass is 16.4. The maximum Gasteiger partial charge on any atom is 0.335 e. The van der Waals surface area contributed by atoms with Gasteiger partial charge in [-0.05, 0) is 32.3 Å². The lowest BCUT2D eigenvalue weighted by atomic mass is 10.1. The summed E-state index contributed by atoms with van der Waals surface area (Å²) in [4.78, 5) is 25.8. The first-order valence-corrected chi connectivity index (χ1v) is 9.98. The number of rotatable bonds is 11. The largest absolute Gasteiger partial charge is 0.478 e. The summed E-state index contributed by atoms with van der Waals surface area (Å²) in [6.45, 7) is 13.1. The lowest BCUT2D eigenvalue weighted by molar-refractivity contribution is -0.132. The molecule has 0 rings (SSSR count). The minimum Gasteiger partial charge on any atom is -0.478 e. The van der Waals surface area contributed by atoms with Gasteiger partial charge in [0.05, 0.1) is 5.57 Å². The van der Waals surface area contributed by atoms with E-state index in [-0.39, 0.29) is 17.5 Å². The van der Waals surface area contributed by atoms with Gasteiger partial charge in [0, 0.05) is 19.6 Å². The molecule has 2 N–H and O–H groups in total. The summed E-state index contributed by atoms with van der Waals surface area (Å²) in [6.07, 6.45) is 8.99. The summed E-state index contributed by atoms with van der Waals surface area (Å²) in [5.41, 5.74) is 0.471. The third-order valence-corrected chi connectivity index (χ3v) is 4.05. The van der Waals surface area contributed by atoms with E-state index in [2.05, 4.69) is 19.2 Å². The van der Waals surface area contributed by atoms with Gasteiger partial charge in [-0.2, -0.15) is 0 Å². The Morgan fingerprint density at radius 2 is 1.62 bits per heavy atom. The highest BCUT2D eigenvalue weighted by molar-refractivity contribution is 5.97. The van der Waals surface area contributed by atoms with E-state index < -0.39 is 5.97 Å². The number of hydrogen-bond donors (Lipinski definition) is 2. The van der Waals surface area contributed by atoms with Crippen molar-refractivity contribution in [2.45, 2.75) is 86.1 Å².